The highest BCUT2D eigenvalue weighted by Crippen LogP contribution is 2.14. The van der Waals surface area contributed by atoms with Gasteiger partial charge in [-0.25, -0.2) is 0 Å². The highest BCUT2D eigenvalue weighted by atomic mass is 16.5. The Labute approximate surface area is 178 Å². The summed E-state index contributed by atoms with van der Waals surface area (Å²) in [4.78, 5) is 0. The van der Waals surface area contributed by atoms with Crippen molar-refractivity contribution in [2.45, 2.75) is 155 Å². The lowest BCUT2D eigenvalue weighted by Crippen LogP contribution is -2.18. The number of rotatable bonds is 24. The molecule has 170 valence electrons. The van der Waals surface area contributed by atoms with Crippen molar-refractivity contribution in [1.82, 2.24) is 0 Å². The van der Waals surface area contributed by atoms with Gasteiger partial charge in [-0.15, -0.1) is 0 Å². The lowest BCUT2D eigenvalue weighted by atomic mass is 10.0. The van der Waals surface area contributed by atoms with Crippen molar-refractivity contribution >= 4 is 0 Å². The molecule has 0 aliphatic carbocycles. The maximum atomic E-state index is 9.51. The molecule has 1 unspecified atom stereocenters. The van der Waals surface area contributed by atoms with E-state index in [1.807, 2.05) is 0 Å². The summed E-state index contributed by atoms with van der Waals surface area (Å²) >= 11 is 0. The molecular weight excluding hydrogens is 344 g/mol. The maximum absolute atomic E-state index is 9.51. The van der Waals surface area contributed by atoms with Crippen LogP contribution in [0.2, 0.25) is 0 Å². The minimum absolute atomic E-state index is 0.0765. The van der Waals surface area contributed by atoms with Gasteiger partial charge in [-0.1, -0.05) is 136 Å². The second kappa shape index (κ2) is 25.0. The van der Waals surface area contributed by atoms with Crippen LogP contribution in [0.4, 0.5) is 0 Å². The first-order chi connectivity index (χ1) is 13.8. The van der Waals surface area contributed by atoms with E-state index in [1.165, 1.54) is 122 Å². The van der Waals surface area contributed by atoms with Gasteiger partial charge in [-0.3, -0.25) is 0 Å². The lowest BCUT2D eigenvalue weighted by molar-refractivity contribution is 0.00497. The zero-order valence-corrected chi connectivity index (χ0v) is 19.7. The van der Waals surface area contributed by atoms with Crippen molar-refractivity contribution < 1.29 is 9.84 Å². The number of hydrogen-bond acceptors (Lipinski definition) is 2. The summed E-state index contributed by atoms with van der Waals surface area (Å²) in [6, 6.07) is 0. The van der Waals surface area contributed by atoms with E-state index in [2.05, 4.69) is 13.8 Å². The van der Waals surface area contributed by atoms with Gasteiger partial charge < -0.3 is 9.84 Å². The topological polar surface area (TPSA) is 29.5 Å². The predicted octanol–water partition coefficient (Wildman–Crippen LogP) is 8.60. The van der Waals surface area contributed by atoms with Crippen LogP contribution in [-0.2, 0) is 4.74 Å². The second-order valence-corrected chi connectivity index (χ2v) is 8.83. The molecule has 1 N–H and O–H groups in total. The second-order valence-electron chi connectivity index (χ2n) is 8.83. The first-order valence-corrected chi connectivity index (χ1v) is 13.1. The Balaban J connectivity index is 3.27. The van der Waals surface area contributed by atoms with E-state index in [0.717, 1.165) is 19.4 Å². The third-order valence-corrected chi connectivity index (χ3v) is 5.93. The van der Waals surface area contributed by atoms with E-state index >= 15 is 0 Å². The quantitative estimate of drug-likeness (QED) is 0.165. The summed E-state index contributed by atoms with van der Waals surface area (Å²) in [6.45, 7) is 5.58. The van der Waals surface area contributed by atoms with Crippen LogP contribution >= 0.6 is 0 Å². The van der Waals surface area contributed by atoms with E-state index in [9.17, 15) is 5.11 Å². The largest absolute Gasteiger partial charge is 0.394 e. The van der Waals surface area contributed by atoms with E-state index in [1.54, 1.807) is 0 Å². The molecule has 0 rings (SSSR count). The number of aliphatic hydroxyl groups is 1. The summed E-state index contributed by atoms with van der Waals surface area (Å²) in [7, 11) is 0. The Hall–Kier alpha value is -0.0800. The molecule has 0 saturated heterocycles. The highest BCUT2D eigenvalue weighted by molar-refractivity contribution is 4.58. The van der Waals surface area contributed by atoms with Crippen LogP contribution in [0.1, 0.15) is 149 Å². The van der Waals surface area contributed by atoms with Crippen LogP contribution in [0.25, 0.3) is 0 Å². The lowest BCUT2D eigenvalue weighted by Gasteiger charge is -2.15. The molecule has 0 aromatic rings. The molecule has 0 spiro atoms. The average molecular weight is 399 g/mol. The first-order valence-electron chi connectivity index (χ1n) is 13.1. The summed E-state index contributed by atoms with van der Waals surface area (Å²) in [6.07, 6.45) is 28.4. The van der Waals surface area contributed by atoms with E-state index in [-0.39, 0.29) is 12.7 Å². The van der Waals surface area contributed by atoms with Crippen LogP contribution in [-0.4, -0.2) is 24.4 Å². The van der Waals surface area contributed by atoms with E-state index in [0.29, 0.717) is 0 Å². The standard InChI is InChI=1S/C26H54O2/c1-3-5-7-9-11-13-14-15-17-19-21-23-26(25-27)28-24-22-20-18-16-12-10-8-6-4-2/h26-27H,3-25H2,1-2H3. The molecule has 0 aromatic heterocycles. The molecule has 0 aliphatic rings. The van der Waals surface area contributed by atoms with Crippen molar-refractivity contribution in [3.63, 3.8) is 0 Å². The minimum atomic E-state index is 0.0765. The van der Waals surface area contributed by atoms with Crippen LogP contribution in [0, 0.1) is 0 Å². The van der Waals surface area contributed by atoms with Gasteiger partial charge >= 0.3 is 0 Å². The Morgan fingerprint density at radius 3 is 1.25 bits per heavy atom. The van der Waals surface area contributed by atoms with Gasteiger partial charge in [-0.2, -0.15) is 0 Å². The molecule has 0 aromatic carbocycles. The maximum Gasteiger partial charge on any atom is 0.0805 e. The Bertz CT molecular complexity index is 267. The molecule has 1 atom stereocenters. The van der Waals surface area contributed by atoms with Gasteiger partial charge in [0, 0.05) is 6.61 Å². The molecule has 0 radical (unpaired) electrons. The molecule has 28 heavy (non-hydrogen) atoms. The van der Waals surface area contributed by atoms with Crippen LogP contribution in [0.15, 0.2) is 0 Å². The number of ether oxygens (including phenoxy) is 1. The van der Waals surface area contributed by atoms with Gasteiger partial charge in [0.15, 0.2) is 0 Å². The third-order valence-electron chi connectivity index (χ3n) is 5.93. The minimum Gasteiger partial charge on any atom is -0.394 e. The fourth-order valence-electron chi connectivity index (χ4n) is 3.93. The predicted molar refractivity (Wildman–Crippen MR) is 125 cm³/mol. The van der Waals surface area contributed by atoms with Crippen LogP contribution in [0.3, 0.4) is 0 Å². The van der Waals surface area contributed by atoms with Crippen molar-refractivity contribution in [1.29, 1.82) is 0 Å². The van der Waals surface area contributed by atoms with Crippen LogP contribution < -0.4 is 0 Å². The highest BCUT2D eigenvalue weighted by Gasteiger charge is 2.07. The molecule has 0 fully saturated rings. The molecule has 0 bridgehead atoms. The zero-order valence-electron chi connectivity index (χ0n) is 19.7. The van der Waals surface area contributed by atoms with Gasteiger partial charge in [0.05, 0.1) is 12.7 Å². The van der Waals surface area contributed by atoms with Gasteiger partial charge in [0.1, 0.15) is 0 Å². The normalized spacial score (nSPS) is 12.5. The molecule has 2 nitrogen and oxygen atoms in total. The monoisotopic (exact) mass is 398 g/mol. The Morgan fingerprint density at radius 1 is 0.500 bits per heavy atom. The molecule has 0 aliphatic heterocycles. The summed E-state index contributed by atoms with van der Waals surface area (Å²) in [5, 5.41) is 9.51. The smallest absolute Gasteiger partial charge is 0.0805 e. The molecule has 0 heterocycles. The zero-order chi connectivity index (χ0) is 20.5. The van der Waals surface area contributed by atoms with Gasteiger partial charge in [0.2, 0.25) is 0 Å². The Kier molecular flexibility index (Phi) is 24.9. The van der Waals surface area contributed by atoms with Gasteiger partial charge in [-0.05, 0) is 12.8 Å². The van der Waals surface area contributed by atoms with Crippen molar-refractivity contribution in [2.24, 2.45) is 0 Å². The number of aliphatic hydroxyl groups excluding tert-OH is 1. The summed E-state index contributed by atoms with van der Waals surface area (Å²) in [5.74, 6) is 0. The third kappa shape index (κ3) is 22.2. The number of unbranched alkanes of at least 4 members (excludes halogenated alkanes) is 18. The van der Waals surface area contributed by atoms with Crippen molar-refractivity contribution in [3.05, 3.63) is 0 Å². The SMILES string of the molecule is CCCCCCCCCCCCCC(CO)OCCCCCCCCCCC. The van der Waals surface area contributed by atoms with Crippen LogP contribution in [0.5, 0.6) is 0 Å². The average Bonchev–Trinajstić information content (AvgIpc) is 2.71. The van der Waals surface area contributed by atoms with Crippen molar-refractivity contribution in [3.8, 4) is 0 Å². The van der Waals surface area contributed by atoms with E-state index in [4.69, 9.17) is 4.74 Å². The summed E-state index contributed by atoms with van der Waals surface area (Å²) < 4.78 is 5.89. The molecule has 0 saturated carbocycles. The fourth-order valence-corrected chi connectivity index (χ4v) is 3.93. The number of hydrogen-bond donors (Lipinski definition) is 1. The summed E-state index contributed by atoms with van der Waals surface area (Å²) in [5.41, 5.74) is 0. The Morgan fingerprint density at radius 2 is 0.857 bits per heavy atom. The molecule has 0 amide bonds. The van der Waals surface area contributed by atoms with Crippen molar-refractivity contribution in [2.75, 3.05) is 13.2 Å². The van der Waals surface area contributed by atoms with E-state index < -0.39 is 0 Å². The molecule has 2 heteroatoms. The first kappa shape index (κ1) is 27.9. The van der Waals surface area contributed by atoms with Gasteiger partial charge in [0.25, 0.3) is 0 Å². The fraction of sp³-hybridized carbons (Fsp3) is 1.00. The molecular formula is C26H54O2.